The zero-order valence-corrected chi connectivity index (χ0v) is 11.1. The standard InChI is InChI=1S/C16H10O2S/c1-9-8-17-14-7-15-13(6-12(9)14)10-4-2-3-5-11(10)16(19)18-15/h2-8H,1H3. The predicted molar refractivity (Wildman–Crippen MR) is 79.1 cm³/mol. The molecule has 0 unspecified atom stereocenters. The molecule has 0 bridgehead atoms. The third-order valence-electron chi connectivity index (χ3n) is 3.51. The molecule has 0 atom stereocenters. The highest BCUT2D eigenvalue weighted by atomic mass is 32.1. The van der Waals surface area contributed by atoms with Gasteiger partial charge in [-0.15, -0.1) is 0 Å². The molecule has 0 N–H and O–H groups in total. The quantitative estimate of drug-likeness (QED) is 0.316. The van der Waals surface area contributed by atoms with Crippen LogP contribution in [-0.4, -0.2) is 0 Å². The average molecular weight is 266 g/mol. The maximum absolute atomic E-state index is 5.75. The smallest absolute Gasteiger partial charge is 0.198 e. The van der Waals surface area contributed by atoms with Gasteiger partial charge in [-0.3, -0.25) is 0 Å². The second-order valence-electron chi connectivity index (χ2n) is 4.70. The highest BCUT2D eigenvalue weighted by molar-refractivity contribution is 7.71. The Morgan fingerprint density at radius 1 is 0.895 bits per heavy atom. The van der Waals surface area contributed by atoms with Crippen LogP contribution < -0.4 is 0 Å². The van der Waals surface area contributed by atoms with Crippen LogP contribution in [0.4, 0.5) is 0 Å². The van der Waals surface area contributed by atoms with Gasteiger partial charge in [0, 0.05) is 22.2 Å². The van der Waals surface area contributed by atoms with Crippen LogP contribution in [0.5, 0.6) is 0 Å². The zero-order valence-electron chi connectivity index (χ0n) is 10.3. The van der Waals surface area contributed by atoms with Gasteiger partial charge in [0.2, 0.25) is 0 Å². The topological polar surface area (TPSA) is 26.3 Å². The summed E-state index contributed by atoms with van der Waals surface area (Å²) in [6, 6.07) is 12.1. The first-order chi connectivity index (χ1) is 9.24. The van der Waals surface area contributed by atoms with E-state index >= 15 is 0 Å². The number of rotatable bonds is 0. The highest BCUT2D eigenvalue weighted by Gasteiger charge is 2.09. The van der Waals surface area contributed by atoms with Crippen LogP contribution in [0.1, 0.15) is 5.56 Å². The molecule has 4 aromatic rings. The van der Waals surface area contributed by atoms with Crippen LogP contribution >= 0.6 is 12.2 Å². The van der Waals surface area contributed by atoms with Crippen LogP contribution in [0.3, 0.4) is 0 Å². The Morgan fingerprint density at radius 2 is 1.68 bits per heavy atom. The lowest BCUT2D eigenvalue weighted by Gasteiger charge is -2.03. The van der Waals surface area contributed by atoms with E-state index in [2.05, 4.69) is 12.1 Å². The summed E-state index contributed by atoms with van der Waals surface area (Å²) in [5, 5.41) is 4.29. The third-order valence-corrected chi connectivity index (χ3v) is 3.81. The summed E-state index contributed by atoms with van der Waals surface area (Å²) in [6.45, 7) is 2.04. The van der Waals surface area contributed by atoms with E-state index in [0.717, 1.165) is 38.3 Å². The minimum absolute atomic E-state index is 0.519. The zero-order chi connectivity index (χ0) is 13.0. The molecule has 0 saturated heterocycles. The van der Waals surface area contributed by atoms with Crippen molar-refractivity contribution in [2.24, 2.45) is 0 Å². The van der Waals surface area contributed by atoms with Crippen molar-refractivity contribution < 1.29 is 8.83 Å². The summed E-state index contributed by atoms with van der Waals surface area (Å²) in [5.74, 6) is 0. The molecule has 92 valence electrons. The molecule has 2 aromatic heterocycles. The molecule has 0 fully saturated rings. The van der Waals surface area contributed by atoms with Gasteiger partial charge in [-0.1, -0.05) is 18.2 Å². The number of benzene rings is 2. The van der Waals surface area contributed by atoms with E-state index in [1.54, 1.807) is 6.26 Å². The van der Waals surface area contributed by atoms with E-state index < -0.39 is 0 Å². The molecule has 0 spiro atoms. The van der Waals surface area contributed by atoms with Gasteiger partial charge in [0.25, 0.3) is 0 Å². The molecular weight excluding hydrogens is 256 g/mol. The first-order valence-corrected chi connectivity index (χ1v) is 6.48. The van der Waals surface area contributed by atoms with Gasteiger partial charge in [0.15, 0.2) is 4.71 Å². The third kappa shape index (κ3) is 1.45. The van der Waals surface area contributed by atoms with E-state index in [0.29, 0.717) is 4.71 Å². The van der Waals surface area contributed by atoms with Gasteiger partial charge in [-0.05, 0) is 42.2 Å². The van der Waals surface area contributed by atoms with Gasteiger partial charge in [-0.25, -0.2) is 0 Å². The molecular formula is C16H10O2S. The molecule has 0 saturated carbocycles. The second kappa shape index (κ2) is 3.68. The Balaban J connectivity index is 2.34. The van der Waals surface area contributed by atoms with Crippen molar-refractivity contribution in [2.75, 3.05) is 0 Å². The molecule has 2 heterocycles. The molecule has 2 nitrogen and oxygen atoms in total. The van der Waals surface area contributed by atoms with Crippen LogP contribution in [0.2, 0.25) is 0 Å². The largest absolute Gasteiger partial charge is 0.464 e. The Morgan fingerprint density at radius 3 is 2.53 bits per heavy atom. The Hall–Kier alpha value is -2.13. The summed E-state index contributed by atoms with van der Waals surface area (Å²) in [6.07, 6.45) is 1.76. The summed E-state index contributed by atoms with van der Waals surface area (Å²) >= 11 is 5.31. The lowest BCUT2D eigenvalue weighted by molar-refractivity contribution is 0.589. The molecule has 0 aliphatic rings. The van der Waals surface area contributed by atoms with Gasteiger partial charge < -0.3 is 8.83 Å². The van der Waals surface area contributed by atoms with Gasteiger partial charge in [0.05, 0.1) is 6.26 Å². The fraction of sp³-hybridized carbons (Fsp3) is 0.0625. The van der Waals surface area contributed by atoms with Crippen molar-refractivity contribution in [1.82, 2.24) is 0 Å². The van der Waals surface area contributed by atoms with E-state index in [4.69, 9.17) is 21.1 Å². The first kappa shape index (κ1) is 10.8. The molecule has 0 aliphatic carbocycles. The van der Waals surface area contributed by atoms with Crippen molar-refractivity contribution in [1.29, 1.82) is 0 Å². The molecule has 19 heavy (non-hydrogen) atoms. The van der Waals surface area contributed by atoms with Crippen molar-refractivity contribution in [2.45, 2.75) is 6.92 Å². The fourth-order valence-electron chi connectivity index (χ4n) is 2.53. The summed E-state index contributed by atoms with van der Waals surface area (Å²) in [5.41, 5.74) is 2.73. The average Bonchev–Trinajstić information content (AvgIpc) is 2.78. The van der Waals surface area contributed by atoms with E-state index in [1.165, 1.54) is 0 Å². The Kier molecular flexibility index (Phi) is 2.09. The Bertz CT molecular complexity index is 992. The van der Waals surface area contributed by atoms with E-state index in [9.17, 15) is 0 Å². The number of hydrogen-bond donors (Lipinski definition) is 0. The Labute approximate surface area is 114 Å². The van der Waals surface area contributed by atoms with E-state index in [-0.39, 0.29) is 0 Å². The fourth-order valence-corrected chi connectivity index (χ4v) is 2.80. The molecule has 0 aliphatic heterocycles. The minimum Gasteiger partial charge on any atom is -0.464 e. The summed E-state index contributed by atoms with van der Waals surface area (Å²) < 4.78 is 11.8. The molecule has 0 radical (unpaired) electrons. The molecule has 0 amide bonds. The lowest BCUT2D eigenvalue weighted by atomic mass is 10.1. The lowest BCUT2D eigenvalue weighted by Crippen LogP contribution is -1.80. The van der Waals surface area contributed by atoms with Crippen molar-refractivity contribution in [3.05, 3.63) is 52.9 Å². The van der Waals surface area contributed by atoms with Crippen LogP contribution in [0, 0.1) is 11.6 Å². The SMILES string of the molecule is Cc1coc2cc3oc(=S)c4ccccc4c3cc12. The first-order valence-electron chi connectivity index (χ1n) is 6.07. The van der Waals surface area contributed by atoms with Crippen molar-refractivity contribution in [3.8, 4) is 0 Å². The number of furan rings is 1. The maximum atomic E-state index is 5.75. The summed E-state index contributed by atoms with van der Waals surface area (Å²) in [4.78, 5) is 0. The normalized spacial score (nSPS) is 11.6. The maximum Gasteiger partial charge on any atom is 0.198 e. The monoisotopic (exact) mass is 266 g/mol. The number of aryl methyl sites for hydroxylation is 1. The van der Waals surface area contributed by atoms with E-state index in [1.807, 2.05) is 31.2 Å². The molecule has 3 heteroatoms. The van der Waals surface area contributed by atoms with Crippen molar-refractivity contribution >= 4 is 44.9 Å². The van der Waals surface area contributed by atoms with Gasteiger partial charge in [0.1, 0.15) is 11.2 Å². The van der Waals surface area contributed by atoms with Gasteiger partial charge >= 0.3 is 0 Å². The van der Waals surface area contributed by atoms with Gasteiger partial charge in [-0.2, -0.15) is 0 Å². The second-order valence-corrected chi connectivity index (χ2v) is 5.07. The summed E-state index contributed by atoms with van der Waals surface area (Å²) in [7, 11) is 0. The van der Waals surface area contributed by atoms with Crippen LogP contribution in [-0.2, 0) is 0 Å². The van der Waals surface area contributed by atoms with Crippen LogP contribution in [0.25, 0.3) is 32.7 Å². The predicted octanol–water partition coefficient (Wildman–Crippen LogP) is 5.37. The number of fused-ring (bicyclic) bond motifs is 4. The molecule has 4 rings (SSSR count). The van der Waals surface area contributed by atoms with Crippen LogP contribution in [0.15, 0.2) is 51.5 Å². The van der Waals surface area contributed by atoms with Crippen molar-refractivity contribution in [3.63, 3.8) is 0 Å². The number of hydrogen-bond acceptors (Lipinski definition) is 3. The minimum atomic E-state index is 0.519. The molecule has 2 aromatic carbocycles. The highest BCUT2D eigenvalue weighted by Crippen LogP contribution is 2.32.